The van der Waals surface area contributed by atoms with E-state index in [4.69, 9.17) is 34.1 Å². The van der Waals surface area contributed by atoms with Gasteiger partial charge in [-0.15, -0.1) is 0 Å². The highest BCUT2D eigenvalue weighted by molar-refractivity contribution is 8.77. The number of hydrogen-bond acceptors (Lipinski definition) is 18. The summed E-state index contributed by atoms with van der Waals surface area (Å²) >= 11 is 0. The molecule has 3 aliphatic heterocycles. The lowest BCUT2D eigenvalue weighted by Crippen LogP contribution is -2.86. The van der Waals surface area contributed by atoms with Gasteiger partial charge in [0, 0.05) is 59.4 Å². The Hall–Kier alpha value is -2.86. The van der Waals surface area contributed by atoms with Gasteiger partial charge in [-0.2, -0.15) is 0 Å². The Balaban J connectivity index is 1.01. The van der Waals surface area contributed by atoms with Gasteiger partial charge in [-0.05, 0) is 183 Å². The number of ether oxygens (including phenoxy) is 4. The first-order chi connectivity index (χ1) is 40.4. The number of nitrogens with zero attached hydrogens (tertiary/aromatic N) is 1. The number of aliphatic imine (C=N–C) groups is 1. The second kappa shape index (κ2) is 25.9. The average Bonchev–Trinajstić information content (AvgIpc) is 1.04. The molecular formula is C64H99N5O13S2. The van der Waals surface area contributed by atoms with E-state index in [2.05, 4.69) is 22.9 Å². The molecule has 1 aromatic carbocycles. The van der Waals surface area contributed by atoms with Gasteiger partial charge in [0.15, 0.2) is 22.9 Å². The molecule has 9 aliphatic rings. The van der Waals surface area contributed by atoms with Crippen LogP contribution in [0.25, 0.3) is 11.0 Å². The monoisotopic (exact) mass is 1210 g/mol. The van der Waals surface area contributed by atoms with Gasteiger partial charge in [0.25, 0.3) is 0 Å². The fraction of sp³-hybridized carbons (Fsp3) is 0.812. The molecule has 0 radical (unpaired) electrons. The fourth-order valence-corrected chi connectivity index (χ4v) is 22.4. The second-order valence-corrected chi connectivity index (χ2v) is 30.1. The summed E-state index contributed by atoms with van der Waals surface area (Å²) < 4.78 is 32.7. The number of nitrogens with one attached hydrogen (secondary N) is 3. The Morgan fingerprint density at radius 3 is 2.52 bits per heavy atom. The third kappa shape index (κ3) is 11.8. The summed E-state index contributed by atoms with van der Waals surface area (Å²) in [7, 11) is 5.42. The lowest BCUT2D eigenvalue weighted by Gasteiger charge is -2.67. The minimum atomic E-state index is -2.51. The molecule has 1 aromatic heterocycles. The van der Waals surface area contributed by atoms with Crippen molar-refractivity contribution >= 4 is 44.5 Å². The van der Waals surface area contributed by atoms with Crippen LogP contribution in [0, 0.1) is 40.9 Å². The smallest absolute Gasteiger partial charge is 0.306 e. The molecule has 2 saturated heterocycles. The lowest BCUT2D eigenvalue weighted by molar-refractivity contribution is -0.424. The molecule has 18 nitrogen and oxygen atoms in total. The van der Waals surface area contributed by atoms with E-state index >= 15 is 0 Å². The van der Waals surface area contributed by atoms with Crippen LogP contribution in [-0.4, -0.2) is 163 Å². The molecule has 20 heteroatoms. The number of aliphatic hydroxyl groups is 7. The Morgan fingerprint density at radius 2 is 1.75 bits per heavy atom. The Kier molecular flexibility index (Phi) is 19.4. The molecule has 6 aliphatic carbocycles. The summed E-state index contributed by atoms with van der Waals surface area (Å²) in [5.41, 5.74) is -0.283. The van der Waals surface area contributed by atoms with Crippen molar-refractivity contribution in [3.63, 3.8) is 0 Å². The summed E-state index contributed by atoms with van der Waals surface area (Å²) in [6.45, 7) is 5.19. The number of rotatable bonds is 12. The van der Waals surface area contributed by atoms with Crippen LogP contribution >= 0.6 is 21.6 Å². The maximum absolute atomic E-state index is 13.9. The highest BCUT2D eigenvalue weighted by atomic mass is 33.1. The first-order valence-corrected chi connectivity index (χ1v) is 34.7. The van der Waals surface area contributed by atoms with Gasteiger partial charge in [-0.25, -0.2) is 0 Å². The number of aliphatic hydroxyl groups excluding tert-OH is 4. The Morgan fingerprint density at radius 1 is 0.940 bits per heavy atom. The summed E-state index contributed by atoms with van der Waals surface area (Å²) in [6.07, 6.45) is 17.1. The fourth-order valence-electron chi connectivity index (χ4n) is 18.1. The van der Waals surface area contributed by atoms with Crippen LogP contribution in [0.15, 0.2) is 40.0 Å². The van der Waals surface area contributed by atoms with E-state index < -0.39 is 82.1 Å². The van der Waals surface area contributed by atoms with E-state index in [0.717, 1.165) is 90.0 Å². The van der Waals surface area contributed by atoms with Crippen LogP contribution in [-0.2, 0) is 20.7 Å². The van der Waals surface area contributed by atoms with Gasteiger partial charge in [0.1, 0.15) is 23.9 Å². The maximum Gasteiger partial charge on any atom is 0.306 e. The number of aryl methyl sites for hydroxylation is 1. The minimum Gasteiger partial charge on any atom is -0.485 e. The molecule has 4 heterocycles. The number of fused-ring (bicyclic) bond motifs is 11. The second-order valence-electron chi connectivity index (χ2n) is 27.5. The molecular weight excluding hydrogens is 1110 g/mol. The maximum atomic E-state index is 13.9. The zero-order valence-corrected chi connectivity index (χ0v) is 51.7. The van der Waals surface area contributed by atoms with Crippen LogP contribution in [0.3, 0.4) is 0 Å². The number of hydrogen-bond donors (Lipinski definition) is 11. The summed E-state index contributed by atoms with van der Waals surface area (Å²) in [5, 5.41) is 101. The van der Waals surface area contributed by atoms with Crippen LogP contribution in [0.4, 0.5) is 0 Å². The lowest BCUT2D eigenvalue weighted by atomic mass is 9.50. The van der Waals surface area contributed by atoms with Crippen molar-refractivity contribution in [1.29, 1.82) is 0 Å². The van der Waals surface area contributed by atoms with E-state index in [9.17, 15) is 40.5 Å². The van der Waals surface area contributed by atoms with Crippen molar-refractivity contribution in [3.05, 3.63) is 36.1 Å². The predicted octanol–water partition coefficient (Wildman–Crippen LogP) is 6.94. The molecule has 2 aromatic rings. The number of esters is 1. The van der Waals surface area contributed by atoms with Crippen LogP contribution < -0.4 is 31.2 Å². The SMILES string of the molecule is CCOC(=O)CCc1cc2ccoc2c2c1OC1OC3(CSSC4(CCC5(CCC(CNC)C5)C4CCC4(O)CCC(N=C(N)NC5CCCCC5)CC4)C(CCC(C)CCCC3O)NCCO2)C2(O)CC3C=CC(O)C(CO)C3C1(O)C2O. The van der Waals surface area contributed by atoms with Crippen molar-refractivity contribution in [1.82, 2.24) is 16.0 Å². The van der Waals surface area contributed by atoms with Gasteiger partial charge < -0.3 is 80.8 Å². The molecule has 0 amide bonds. The molecule has 5 bridgehead atoms. The van der Waals surface area contributed by atoms with Crippen LogP contribution in [0.2, 0.25) is 0 Å². The van der Waals surface area contributed by atoms with Gasteiger partial charge in [0.2, 0.25) is 12.0 Å². The Bertz CT molecular complexity index is 2630. The van der Waals surface area contributed by atoms with Crippen molar-refractivity contribution in [2.45, 2.75) is 238 Å². The third-order valence-corrected chi connectivity index (χ3v) is 25.9. The predicted molar refractivity (Wildman–Crippen MR) is 325 cm³/mol. The topological polar surface area (TPSA) is 283 Å². The van der Waals surface area contributed by atoms with E-state index in [0.29, 0.717) is 66.7 Å². The molecule has 16 unspecified atom stereocenters. The number of furan rings is 1. The molecule has 470 valence electrons. The summed E-state index contributed by atoms with van der Waals surface area (Å²) in [5.74, 6) is -1.54. The molecule has 11 rings (SSSR count). The largest absolute Gasteiger partial charge is 0.485 e. The van der Waals surface area contributed by atoms with Gasteiger partial charge in [0.05, 0.1) is 36.7 Å². The normalized spacial score (nSPS) is 42.3. The standard InChI is InChI=1S/C64H99N5O13S2/c1-4-78-51(73)18-15-41-33-42-23-31-79-53(42)55-54(41)81-57-64(77)52-43(14-16-47(71)46(52)37-70)35-62(76,56(64)74)63(82-57)38-83-84-61(49(67-30-32-80-55)17-13-39(2)9-8-12-50(63)72)29-28-59(24-19-40(34-59)36-66-3)48(61)22-27-60(75)25-20-45(21-26-60)69-58(65)68-44-10-6-5-7-11-44/h14,16,23,31,33,39-40,43-50,52,56-57,66-67,70-72,74-77H,4-13,15,17-22,24-30,32,34-38H2,1-3H3,(H3,65,68,69). The zero-order chi connectivity index (χ0) is 59.1. The van der Waals surface area contributed by atoms with Crippen LogP contribution in [0.5, 0.6) is 11.5 Å². The zero-order valence-electron chi connectivity index (χ0n) is 50.0. The molecule has 16 atom stereocenters. The first kappa shape index (κ1) is 62.7. The van der Waals surface area contributed by atoms with Crippen molar-refractivity contribution in [2.24, 2.45) is 51.6 Å². The highest BCUT2D eigenvalue weighted by Crippen LogP contribution is 2.69. The summed E-state index contributed by atoms with van der Waals surface area (Å²) in [4.78, 5) is 18.1. The average molecular weight is 1210 g/mol. The molecule has 84 heavy (non-hydrogen) atoms. The number of carbonyl (C=O) groups is 1. The Labute approximate surface area is 504 Å². The summed E-state index contributed by atoms with van der Waals surface area (Å²) in [6, 6.07) is 4.02. The van der Waals surface area contributed by atoms with Gasteiger partial charge in [-0.3, -0.25) is 9.79 Å². The number of allylic oxidation sites excluding steroid dienone is 1. The van der Waals surface area contributed by atoms with Crippen molar-refractivity contribution in [2.75, 3.05) is 45.7 Å². The van der Waals surface area contributed by atoms with Gasteiger partial charge >= 0.3 is 5.97 Å². The first-order valence-electron chi connectivity index (χ1n) is 32.4. The van der Waals surface area contributed by atoms with E-state index in [1.165, 1.54) is 19.3 Å². The number of carbonyl (C=O) groups excluding carboxylic acids is 1. The van der Waals surface area contributed by atoms with Crippen molar-refractivity contribution < 1.29 is 63.9 Å². The van der Waals surface area contributed by atoms with Crippen LogP contribution in [0.1, 0.15) is 167 Å². The van der Waals surface area contributed by atoms with E-state index in [-0.39, 0.29) is 85.5 Å². The van der Waals surface area contributed by atoms with Crippen molar-refractivity contribution in [3.8, 4) is 11.5 Å². The quantitative estimate of drug-likeness (QED) is 0.0337. The third-order valence-electron chi connectivity index (χ3n) is 22.5. The highest BCUT2D eigenvalue weighted by Gasteiger charge is 2.78. The molecule has 7 fully saturated rings. The number of guanidine groups is 1. The molecule has 5 saturated carbocycles. The molecule has 12 N–H and O–H groups in total. The number of benzene rings is 1. The molecule has 3 spiro atoms. The van der Waals surface area contributed by atoms with E-state index in [1.807, 2.05) is 23.9 Å². The number of nitrogens with two attached hydrogens (primary N) is 1. The van der Waals surface area contributed by atoms with E-state index in [1.54, 1.807) is 42.2 Å². The van der Waals surface area contributed by atoms with Gasteiger partial charge in [-0.1, -0.05) is 72.8 Å². The minimum absolute atomic E-state index is 0.0114.